The number of carbonyl (C=O) groups excluding carboxylic acids is 1. The van der Waals surface area contributed by atoms with Crippen LogP contribution in [0.2, 0.25) is 0 Å². The van der Waals surface area contributed by atoms with Gasteiger partial charge in [-0.25, -0.2) is 0 Å². The van der Waals surface area contributed by atoms with Gasteiger partial charge < -0.3 is 0 Å². The van der Waals surface area contributed by atoms with Crippen molar-refractivity contribution in [3.63, 3.8) is 0 Å². The highest BCUT2D eigenvalue weighted by Gasteiger charge is 2.11. The molecule has 0 heterocycles. The van der Waals surface area contributed by atoms with Crippen LogP contribution in [-0.4, -0.2) is 5.78 Å². The summed E-state index contributed by atoms with van der Waals surface area (Å²) in [5, 5.41) is 0. The molecule has 0 spiro atoms. The minimum absolute atomic E-state index is 0.444. The molecule has 1 nitrogen and oxygen atoms in total. The molecule has 0 aliphatic rings. The summed E-state index contributed by atoms with van der Waals surface area (Å²) in [4.78, 5) is 11.3. The molecule has 0 radical (unpaired) electrons. The van der Waals surface area contributed by atoms with Gasteiger partial charge in [0.2, 0.25) is 0 Å². The fourth-order valence-electron chi connectivity index (χ4n) is 1.91. The molecule has 0 fully saturated rings. The van der Waals surface area contributed by atoms with Gasteiger partial charge in [-0.05, 0) is 5.92 Å². The van der Waals surface area contributed by atoms with E-state index >= 15 is 0 Å². The van der Waals surface area contributed by atoms with Gasteiger partial charge in [0, 0.05) is 12.8 Å². The van der Waals surface area contributed by atoms with Crippen LogP contribution >= 0.6 is 0 Å². The first-order valence-electron chi connectivity index (χ1n) is 6.26. The summed E-state index contributed by atoms with van der Waals surface area (Å²) in [6, 6.07) is 0. The van der Waals surface area contributed by atoms with Crippen molar-refractivity contribution in [2.45, 2.75) is 72.1 Å². The van der Waals surface area contributed by atoms with E-state index in [2.05, 4.69) is 13.8 Å². The second kappa shape index (κ2) is 9.23. The van der Waals surface area contributed by atoms with Gasteiger partial charge in [-0.3, -0.25) is 4.79 Å². The Bertz CT molecular complexity index is 140. The van der Waals surface area contributed by atoms with Crippen molar-refractivity contribution < 1.29 is 4.79 Å². The Morgan fingerprint density at radius 2 is 1.71 bits per heavy atom. The fourth-order valence-corrected chi connectivity index (χ4v) is 1.91. The Balaban J connectivity index is 3.70. The third kappa shape index (κ3) is 7.11. The lowest BCUT2D eigenvalue weighted by atomic mass is 9.91. The molecule has 1 atom stereocenters. The summed E-state index contributed by atoms with van der Waals surface area (Å²) < 4.78 is 0. The quantitative estimate of drug-likeness (QED) is 0.503. The van der Waals surface area contributed by atoms with Gasteiger partial charge in [-0.15, -0.1) is 0 Å². The molecule has 0 N–H and O–H groups in total. The van der Waals surface area contributed by atoms with Crippen LogP contribution in [0.5, 0.6) is 0 Å². The molecule has 0 saturated heterocycles. The van der Waals surface area contributed by atoms with Crippen molar-refractivity contribution in [1.29, 1.82) is 0 Å². The van der Waals surface area contributed by atoms with Gasteiger partial charge in [0.05, 0.1) is 0 Å². The lowest BCUT2D eigenvalue weighted by Gasteiger charge is -2.14. The standard InChI is InChI=1S/C13H26O/c1-4-7-8-10-12(9-5-2)11-13(14)6-3/h12H,4-11H2,1-3H3. The predicted octanol–water partition coefficient (Wildman–Crippen LogP) is 4.35. The lowest BCUT2D eigenvalue weighted by Crippen LogP contribution is -2.07. The third-order valence-corrected chi connectivity index (χ3v) is 2.82. The van der Waals surface area contributed by atoms with Crippen LogP contribution in [0, 0.1) is 5.92 Å². The van der Waals surface area contributed by atoms with Crippen molar-refractivity contribution in [3.05, 3.63) is 0 Å². The zero-order chi connectivity index (χ0) is 10.8. The summed E-state index contributed by atoms with van der Waals surface area (Å²) >= 11 is 0. The first-order valence-corrected chi connectivity index (χ1v) is 6.26. The van der Waals surface area contributed by atoms with E-state index in [4.69, 9.17) is 0 Å². The number of ketones is 1. The summed E-state index contributed by atoms with van der Waals surface area (Å²) in [7, 11) is 0. The zero-order valence-corrected chi connectivity index (χ0v) is 10.1. The first kappa shape index (κ1) is 13.7. The van der Waals surface area contributed by atoms with Crippen LogP contribution in [0.25, 0.3) is 0 Å². The zero-order valence-electron chi connectivity index (χ0n) is 10.1. The van der Waals surface area contributed by atoms with Crippen LogP contribution < -0.4 is 0 Å². The van der Waals surface area contributed by atoms with Gasteiger partial charge in [0.1, 0.15) is 5.78 Å². The molecular weight excluding hydrogens is 172 g/mol. The maximum atomic E-state index is 11.3. The number of rotatable bonds is 9. The van der Waals surface area contributed by atoms with Crippen molar-refractivity contribution in [1.82, 2.24) is 0 Å². The number of hydrogen-bond donors (Lipinski definition) is 0. The monoisotopic (exact) mass is 198 g/mol. The van der Waals surface area contributed by atoms with Gasteiger partial charge in [0.15, 0.2) is 0 Å². The molecule has 1 heteroatoms. The largest absolute Gasteiger partial charge is 0.300 e. The molecule has 1 unspecified atom stereocenters. The van der Waals surface area contributed by atoms with E-state index in [1.807, 2.05) is 6.92 Å². The number of carbonyl (C=O) groups is 1. The van der Waals surface area contributed by atoms with E-state index in [-0.39, 0.29) is 0 Å². The second-order valence-electron chi connectivity index (χ2n) is 4.25. The van der Waals surface area contributed by atoms with Gasteiger partial charge in [-0.2, -0.15) is 0 Å². The van der Waals surface area contributed by atoms with E-state index in [0.717, 1.165) is 6.42 Å². The molecule has 0 amide bonds. The molecule has 14 heavy (non-hydrogen) atoms. The molecule has 0 aliphatic heterocycles. The van der Waals surface area contributed by atoms with Crippen LogP contribution in [0.4, 0.5) is 0 Å². The van der Waals surface area contributed by atoms with Gasteiger partial charge in [0.25, 0.3) is 0 Å². The molecule has 0 aromatic rings. The third-order valence-electron chi connectivity index (χ3n) is 2.82. The highest BCUT2D eigenvalue weighted by atomic mass is 16.1. The van der Waals surface area contributed by atoms with Crippen LogP contribution in [0.1, 0.15) is 72.1 Å². The van der Waals surface area contributed by atoms with Crippen LogP contribution in [0.3, 0.4) is 0 Å². The smallest absolute Gasteiger partial charge is 0.132 e. The number of unbranched alkanes of at least 4 members (excludes halogenated alkanes) is 2. The molecule has 0 aliphatic carbocycles. The minimum atomic E-state index is 0.444. The molecule has 0 rings (SSSR count). The first-order chi connectivity index (χ1) is 6.74. The predicted molar refractivity (Wildman–Crippen MR) is 62.5 cm³/mol. The molecule has 0 bridgehead atoms. The van der Waals surface area contributed by atoms with E-state index in [9.17, 15) is 4.79 Å². The average molecular weight is 198 g/mol. The topological polar surface area (TPSA) is 17.1 Å². The second-order valence-corrected chi connectivity index (χ2v) is 4.25. The van der Waals surface area contributed by atoms with Crippen molar-refractivity contribution >= 4 is 5.78 Å². The van der Waals surface area contributed by atoms with Crippen molar-refractivity contribution in [2.75, 3.05) is 0 Å². The normalized spacial score (nSPS) is 12.8. The highest BCUT2D eigenvalue weighted by Crippen LogP contribution is 2.20. The maximum Gasteiger partial charge on any atom is 0.132 e. The number of Topliss-reactive ketones (excluding diaryl/α,β-unsaturated/α-hetero) is 1. The number of hydrogen-bond acceptors (Lipinski definition) is 1. The molecule has 0 saturated carbocycles. The van der Waals surface area contributed by atoms with Crippen LogP contribution in [-0.2, 0) is 4.79 Å². The molecule has 84 valence electrons. The Hall–Kier alpha value is -0.330. The Morgan fingerprint density at radius 1 is 1.00 bits per heavy atom. The molecular formula is C13H26O. The summed E-state index contributed by atoms with van der Waals surface area (Å²) in [5.74, 6) is 1.11. The Labute approximate surface area is 89.3 Å². The summed E-state index contributed by atoms with van der Waals surface area (Å²) in [6.45, 7) is 6.41. The van der Waals surface area contributed by atoms with Crippen molar-refractivity contribution in [3.8, 4) is 0 Å². The Kier molecular flexibility index (Phi) is 9.02. The molecule has 0 aromatic carbocycles. The van der Waals surface area contributed by atoms with Gasteiger partial charge >= 0.3 is 0 Å². The fraction of sp³-hybridized carbons (Fsp3) is 0.923. The SMILES string of the molecule is CCCCCC(CCC)CC(=O)CC. The maximum absolute atomic E-state index is 11.3. The lowest BCUT2D eigenvalue weighted by molar-refractivity contribution is -0.119. The van der Waals surface area contributed by atoms with Crippen LogP contribution in [0.15, 0.2) is 0 Å². The van der Waals surface area contributed by atoms with Gasteiger partial charge in [-0.1, -0.05) is 59.3 Å². The van der Waals surface area contributed by atoms with E-state index in [1.165, 1.54) is 38.5 Å². The summed E-state index contributed by atoms with van der Waals surface area (Å²) in [6.07, 6.45) is 9.15. The van der Waals surface area contributed by atoms with Crippen molar-refractivity contribution in [2.24, 2.45) is 5.92 Å². The van der Waals surface area contributed by atoms with E-state index in [1.54, 1.807) is 0 Å². The summed E-state index contributed by atoms with van der Waals surface area (Å²) in [5.41, 5.74) is 0. The minimum Gasteiger partial charge on any atom is -0.300 e. The molecule has 0 aromatic heterocycles. The Morgan fingerprint density at radius 3 is 2.21 bits per heavy atom. The van der Waals surface area contributed by atoms with E-state index in [0.29, 0.717) is 18.1 Å². The average Bonchev–Trinajstić information content (AvgIpc) is 2.18. The van der Waals surface area contributed by atoms with E-state index < -0.39 is 0 Å². The highest BCUT2D eigenvalue weighted by molar-refractivity contribution is 5.78.